The highest BCUT2D eigenvalue weighted by Crippen LogP contribution is 2.36. The van der Waals surface area contributed by atoms with Gasteiger partial charge in [-0.25, -0.2) is 13.1 Å². The summed E-state index contributed by atoms with van der Waals surface area (Å²) in [6.07, 6.45) is 1.49. The van der Waals surface area contributed by atoms with Crippen LogP contribution in [0.1, 0.15) is 42.6 Å². The van der Waals surface area contributed by atoms with E-state index < -0.39 is 37.0 Å². The molecule has 0 aliphatic carbocycles. The van der Waals surface area contributed by atoms with Gasteiger partial charge in [0, 0.05) is 23.2 Å². The molecule has 0 atom stereocenters. The Morgan fingerprint density at radius 1 is 1.15 bits per heavy atom. The summed E-state index contributed by atoms with van der Waals surface area (Å²) in [6, 6.07) is 13.4. The van der Waals surface area contributed by atoms with Crippen LogP contribution in [0, 0.1) is 17.0 Å². The van der Waals surface area contributed by atoms with Gasteiger partial charge in [0.1, 0.15) is 22.2 Å². The number of aromatic nitrogens is 2. The molecule has 0 unspecified atom stereocenters. The first-order valence-corrected chi connectivity index (χ1v) is 13.8. The summed E-state index contributed by atoms with van der Waals surface area (Å²) >= 11 is 0. The molecule has 14 heteroatoms. The van der Waals surface area contributed by atoms with Crippen molar-refractivity contribution in [2.24, 2.45) is 0 Å². The summed E-state index contributed by atoms with van der Waals surface area (Å²) in [5, 5.41) is 18.7. The van der Waals surface area contributed by atoms with E-state index in [0.717, 1.165) is 12.1 Å². The van der Waals surface area contributed by atoms with Gasteiger partial charge in [-0.15, -0.1) is 0 Å². The van der Waals surface area contributed by atoms with Crippen LogP contribution in [-0.4, -0.2) is 41.7 Å². The maximum atomic E-state index is 13.3. The highest BCUT2D eigenvalue weighted by atomic mass is 32.2. The van der Waals surface area contributed by atoms with E-state index in [9.17, 15) is 23.3 Å². The number of ether oxygens (including phenoxy) is 2. The molecule has 13 nitrogen and oxygen atoms in total. The van der Waals surface area contributed by atoms with E-state index in [1.807, 2.05) is 0 Å². The molecule has 0 fully saturated rings. The Hall–Kier alpha value is -4.69. The number of hydrogen-bond donors (Lipinski definition) is 2. The van der Waals surface area contributed by atoms with Crippen molar-refractivity contribution in [1.29, 1.82) is 0 Å². The number of nitro groups is 1. The Balaban J connectivity index is 1.82. The average molecular weight is 584 g/mol. The number of carbonyl (C=O) groups excluding carboxylic acids is 1. The van der Waals surface area contributed by atoms with Crippen molar-refractivity contribution < 1.29 is 32.0 Å². The third-order valence-electron chi connectivity index (χ3n) is 5.68. The molecule has 4 aromatic rings. The first-order chi connectivity index (χ1) is 19.3. The molecule has 0 saturated heterocycles. The Morgan fingerprint density at radius 2 is 1.85 bits per heavy atom. The van der Waals surface area contributed by atoms with Crippen LogP contribution in [0.5, 0.6) is 17.4 Å². The molecule has 2 aromatic heterocycles. The van der Waals surface area contributed by atoms with E-state index in [-0.39, 0.29) is 23.9 Å². The van der Waals surface area contributed by atoms with Gasteiger partial charge in [0.15, 0.2) is 5.69 Å². The van der Waals surface area contributed by atoms with E-state index in [1.54, 1.807) is 64.1 Å². The monoisotopic (exact) mass is 583 g/mol. The maximum absolute atomic E-state index is 13.3. The van der Waals surface area contributed by atoms with E-state index in [4.69, 9.17) is 13.9 Å². The fourth-order valence-electron chi connectivity index (χ4n) is 3.85. The van der Waals surface area contributed by atoms with Crippen LogP contribution in [0.25, 0.3) is 5.69 Å². The lowest BCUT2D eigenvalue weighted by Gasteiger charge is -2.21. The molecule has 4 rings (SSSR count). The molecule has 2 heterocycles. The van der Waals surface area contributed by atoms with Crippen LogP contribution in [0.4, 0.5) is 5.69 Å². The number of rotatable bonds is 10. The van der Waals surface area contributed by atoms with E-state index in [1.165, 1.54) is 24.1 Å². The van der Waals surface area contributed by atoms with Gasteiger partial charge in [0.25, 0.3) is 11.6 Å². The van der Waals surface area contributed by atoms with Crippen LogP contribution < -0.4 is 19.5 Å². The lowest BCUT2D eigenvalue weighted by atomic mass is 10.1. The van der Waals surface area contributed by atoms with Crippen molar-refractivity contribution >= 4 is 21.6 Å². The SMILES string of the molecule is COc1ccc(-n2nc(C(=O)NCc3ccco3)c(C)c2Oc2ccc([N+](=O)[O-])cc2S(=O)(=O)NC(C)(C)C)cc1. The molecule has 0 aliphatic heterocycles. The van der Waals surface area contributed by atoms with Crippen molar-refractivity contribution in [2.75, 3.05) is 7.11 Å². The zero-order valence-electron chi connectivity index (χ0n) is 23.0. The normalized spacial score (nSPS) is 11.7. The van der Waals surface area contributed by atoms with Gasteiger partial charge in [-0.2, -0.15) is 9.78 Å². The Bertz CT molecular complexity index is 1670. The minimum atomic E-state index is -4.28. The van der Waals surface area contributed by atoms with Gasteiger partial charge in [0.2, 0.25) is 15.9 Å². The van der Waals surface area contributed by atoms with Crippen LogP contribution in [0.15, 0.2) is 70.2 Å². The van der Waals surface area contributed by atoms with Gasteiger partial charge < -0.3 is 19.2 Å². The van der Waals surface area contributed by atoms with Crippen molar-refractivity contribution in [1.82, 2.24) is 19.8 Å². The van der Waals surface area contributed by atoms with E-state index in [2.05, 4.69) is 15.1 Å². The quantitative estimate of drug-likeness (QED) is 0.202. The zero-order chi connectivity index (χ0) is 29.9. The second-order valence-corrected chi connectivity index (χ2v) is 11.6. The third-order valence-corrected chi connectivity index (χ3v) is 7.46. The number of furan rings is 1. The number of amides is 1. The summed E-state index contributed by atoms with van der Waals surface area (Å²) in [4.78, 5) is 23.5. The molecule has 0 spiro atoms. The summed E-state index contributed by atoms with van der Waals surface area (Å²) in [7, 11) is -2.76. The fourth-order valence-corrected chi connectivity index (χ4v) is 5.41. The molecule has 0 radical (unpaired) electrons. The minimum absolute atomic E-state index is 0.0153. The van der Waals surface area contributed by atoms with Gasteiger partial charge >= 0.3 is 0 Å². The number of nitro benzene ring substituents is 1. The highest BCUT2D eigenvalue weighted by molar-refractivity contribution is 7.89. The van der Waals surface area contributed by atoms with Gasteiger partial charge in [-0.1, -0.05) is 0 Å². The number of benzene rings is 2. The molecular weight excluding hydrogens is 554 g/mol. The zero-order valence-corrected chi connectivity index (χ0v) is 23.8. The molecule has 0 saturated carbocycles. The number of methoxy groups -OCH3 is 1. The molecular formula is C27H29N5O8S. The molecule has 2 N–H and O–H groups in total. The summed E-state index contributed by atoms with van der Waals surface area (Å²) < 4.78 is 47.1. The average Bonchev–Trinajstić information content (AvgIpc) is 3.54. The number of hydrogen-bond acceptors (Lipinski definition) is 9. The number of nitrogens with one attached hydrogen (secondary N) is 2. The topological polar surface area (TPSA) is 168 Å². The second-order valence-electron chi connectivity index (χ2n) is 10.00. The first kappa shape index (κ1) is 29.3. The first-order valence-electron chi connectivity index (χ1n) is 12.3. The van der Waals surface area contributed by atoms with Gasteiger partial charge in [-0.05, 0) is 70.2 Å². The lowest BCUT2D eigenvalue weighted by Crippen LogP contribution is -2.40. The minimum Gasteiger partial charge on any atom is -0.497 e. The molecule has 0 bridgehead atoms. The van der Waals surface area contributed by atoms with Crippen molar-refractivity contribution in [3.05, 3.63) is 88.0 Å². The smallest absolute Gasteiger partial charge is 0.272 e. The van der Waals surface area contributed by atoms with Crippen LogP contribution in [0.2, 0.25) is 0 Å². The Labute approximate surface area is 236 Å². The van der Waals surface area contributed by atoms with Crippen molar-refractivity contribution in [3.63, 3.8) is 0 Å². The van der Waals surface area contributed by atoms with Crippen LogP contribution in [-0.2, 0) is 16.6 Å². The highest BCUT2D eigenvalue weighted by Gasteiger charge is 2.30. The van der Waals surface area contributed by atoms with Crippen molar-refractivity contribution in [3.8, 4) is 23.1 Å². The largest absolute Gasteiger partial charge is 0.497 e. The van der Waals surface area contributed by atoms with Crippen LogP contribution >= 0.6 is 0 Å². The number of non-ortho nitro benzene ring substituents is 1. The van der Waals surface area contributed by atoms with Gasteiger partial charge in [0.05, 0.1) is 30.5 Å². The third kappa shape index (κ3) is 6.73. The molecule has 41 heavy (non-hydrogen) atoms. The number of nitrogens with zero attached hydrogens (tertiary/aromatic N) is 3. The van der Waals surface area contributed by atoms with E-state index in [0.29, 0.717) is 22.8 Å². The molecule has 1 amide bonds. The van der Waals surface area contributed by atoms with Crippen LogP contribution in [0.3, 0.4) is 0 Å². The fraction of sp³-hybridized carbons (Fsp3) is 0.259. The Kier molecular flexibility index (Phi) is 8.17. The maximum Gasteiger partial charge on any atom is 0.272 e. The summed E-state index contributed by atoms with van der Waals surface area (Å²) in [6.45, 7) is 6.62. The summed E-state index contributed by atoms with van der Waals surface area (Å²) in [5.41, 5.74) is -0.538. The molecule has 2 aromatic carbocycles. The van der Waals surface area contributed by atoms with Gasteiger partial charge in [-0.3, -0.25) is 14.9 Å². The molecule has 216 valence electrons. The summed E-state index contributed by atoms with van der Waals surface area (Å²) in [5.74, 6) is 0.414. The number of sulfonamides is 1. The predicted molar refractivity (Wildman–Crippen MR) is 148 cm³/mol. The number of carbonyl (C=O) groups is 1. The molecule has 0 aliphatic rings. The standard InChI is InChI=1S/C27H29N5O8S/c1-17-24(25(33)28-16-21-7-6-14-39-21)29-31(18-8-11-20(38-5)12-9-18)26(17)40-22-13-10-19(32(34)35)15-23(22)41(36,37)30-27(2,3)4/h6-15,30H,16H2,1-5H3,(H,28,33). The van der Waals surface area contributed by atoms with Crippen molar-refractivity contribution in [2.45, 2.75) is 44.7 Å². The lowest BCUT2D eigenvalue weighted by molar-refractivity contribution is -0.385. The second kappa shape index (κ2) is 11.4. The van der Waals surface area contributed by atoms with E-state index >= 15 is 0 Å². The Morgan fingerprint density at radius 3 is 2.44 bits per heavy atom. The predicted octanol–water partition coefficient (Wildman–Crippen LogP) is 4.49.